The molecule has 0 aliphatic heterocycles. The van der Waals surface area contributed by atoms with Gasteiger partial charge in [-0.15, -0.1) is 0 Å². The van der Waals surface area contributed by atoms with Crippen LogP contribution in [-0.4, -0.2) is 23.7 Å². The molecular weight excluding hydrogens is 414 g/mol. The summed E-state index contributed by atoms with van der Waals surface area (Å²) in [6.45, 7) is 1.24. The van der Waals surface area contributed by atoms with Crippen molar-refractivity contribution in [2.45, 2.75) is 18.6 Å². The molecule has 0 saturated carbocycles. The quantitative estimate of drug-likeness (QED) is 0.702. The summed E-state index contributed by atoms with van der Waals surface area (Å²) in [5, 5.41) is 15.3. The SMILES string of the molecule is Cc1[nH]nc(S(=O)(=O)Nc2ccc(Br)cc2Br)c1CO. The van der Waals surface area contributed by atoms with Gasteiger partial charge in [0.25, 0.3) is 10.0 Å². The lowest BCUT2D eigenvalue weighted by molar-refractivity contribution is 0.277. The minimum Gasteiger partial charge on any atom is -0.392 e. The van der Waals surface area contributed by atoms with Crippen molar-refractivity contribution in [1.29, 1.82) is 0 Å². The molecule has 0 fully saturated rings. The molecule has 3 N–H and O–H groups in total. The molecule has 2 rings (SSSR count). The summed E-state index contributed by atoms with van der Waals surface area (Å²) in [6, 6.07) is 5.05. The van der Waals surface area contributed by atoms with Gasteiger partial charge in [-0.1, -0.05) is 15.9 Å². The number of aliphatic hydroxyl groups is 1. The summed E-state index contributed by atoms with van der Waals surface area (Å²) in [5.41, 5.74) is 1.16. The van der Waals surface area contributed by atoms with Crippen molar-refractivity contribution in [3.8, 4) is 0 Å². The third-order valence-corrected chi connectivity index (χ3v) is 5.11. The fourth-order valence-electron chi connectivity index (χ4n) is 1.60. The molecule has 1 aromatic carbocycles. The largest absolute Gasteiger partial charge is 0.392 e. The molecule has 0 unspecified atom stereocenters. The highest BCUT2D eigenvalue weighted by Crippen LogP contribution is 2.28. The highest BCUT2D eigenvalue weighted by Gasteiger charge is 2.24. The lowest BCUT2D eigenvalue weighted by atomic mass is 10.3. The lowest BCUT2D eigenvalue weighted by Crippen LogP contribution is -2.15. The molecule has 9 heteroatoms. The maximum absolute atomic E-state index is 12.3. The Morgan fingerprint density at radius 2 is 2.10 bits per heavy atom. The Kier molecular flexibility index (Phi) is 4.52. The molecule has 108 valence electrons. The van der Waals surface area contributed by atoms with E-state index < -0.39 is 16.6 Å². The molecule has 1 aromatic heterocycles. The third kappa shape index (κ3) is 3.05. The summed E-state index contributed by atoms with van der Waals surface area (Å²) in [5.74, 6) is 0. The van der Waals surface area contributed by atoms with Gasteiger partial charge in [-0.05, 0) is 41.1 Å². The predicted octanol–water partition coefficient (Wildman–Crippen LogP) is 2.54. The molecule has 0 atom stereocenters. The molecule has 1 heterocycles. The number of aromatic amines is 1. The van der Waals surface area contributed by atoms with E-state index in [0.717, 1.165) is 4.47 Å². The van der Waals surface area contributed by atoms with E-state index in [1.54, 1.807) is 25.1 Å². The van der Waals surface area contributed by atoms with Crippen LogP contribution >= 0.6 is 31.9 Å². The van der Waals surface area contributed by atoms with E-state index in [9.17, 15) is 13.5 Å². The normalized spacial score (nSPS) is 11.6. The van der Waals surface area contributed by atoms with Crippen LogP contribution in [0.5, 0.6) is 0 Å². The average molecular weight is 425 g/mol. The van der Waals surface area contributed by atoms with Gasteiger partial charge in [0.15, 0.2) is 0 Å². The molecular formula is C11H11Br2N3O3S. The Bertz CT molecular complexity index is 743. The number of nitrogens with zero attached hydrogens (tertiary/aromatic N) is 1. The molecule has 0 aliphatic rings. The van der Waals surface area contributed by atoms with Crippen LogP contribution in [0.3, 0.4) is 0 Å². The zero-order valence-electron chi connectivity index (χ0n) is 10.3. The standard InChI is InChI=1S/C11H11Br2N3O3S/c1-6-8(5-17)11(15-14-6)20(18,19)16-10-3-2-7(12)4-9(10)13/h2-4,16-17H,5H2,1H3,(H,14,15). The fraction of sp³-hybridized carbons (Fsp3) is 0.182. The molecule has 0 spiro atoms. The minimum absolute atomic E-state index is 0.202. The van der Waals surface area contributed by atoms with Crippen molar-refractivity contribution < 1.29 is 13.5 Å². The van der Waals surface area contributed by atoms with E-state index in [-0.39, 0.29) is 10.6 Å². The first kappa shape index (κ1) is 15.5. The molecule has 20 heavy (non-hydrogen) atoms. The number of anilines is 1. The first-order chi connectivity index (χ1) is 9.35. The molecule has 0 bridgehead atoms. The van der Waals surface area contributed by atoms with Crippen LogP contribution in [-0.2, 0) is 16.6 Å². The topological polar surface area (TPSA) is 95.1 Å². The number of sulfonamides is 1. The molecule has 2 aromatic rings. The summed E-state index contributed by atoms with van der Waals surface area (Å²) in [7, 11) is -3.87. The zero-order valence-corrected chi connectivity index (χ0v) is 14.3. The number of aromatic nitrogens is 2. The maximum atomic E-state index is 12.3. The van der Waals surface area contributed by atoms with Gasteiger partial charge in [-0.25, -0.2) is 0 Å². The van der Waals surface area contributed by atoms with Gasteiger partial charge in [-0.2, -0.15) is 13.5 Å². The van der Waals surface area contributed by atoms with Crippen LogP contribution in [0.15, 0.2) is 32.2 Å². The zero-order chi connectivity index (χ0) is 14.9. The van der Waals surface area contributed by atoms with Gasteiger partial charge < -0.3 is 5.11 Å². The Morgan fingerprint density at radius 1 is 1.40 bits per heavy atom. The van der Waals surface area contributed by atoms with Crippen molar-refractivity contribution >= 4 is 47.6 Å². The predicted molar refractivity (Wildman–Crippen MR) is 81.9 cm³/mol. The van der Waals surface area contributed by atoms with E-state index >= 15 is 0 Å². The number of aryl methyl sites for hydroxylation is 1. The Labute approximate surface area is 132 Å². The molecule has 0 saturated heterocycles. The summed E-state index contributed by atoms with van der Waals surface area (Å²) >= 11 is 6.57. The van der Waals surface area contributed by atoms with Crippen molar-refractivity contribution in [1.82, 2.24) is 10.2 Å². The highest BCUT2D eigenvalue weighted by molar-refractivity contribution is 9.11. The van der Waals surface area contributed by atoms with Gasteiger partial charge >= 0.3 is 0 Å². The van der Waals surface area contributed by atoms with Gasteiger partial charge in [0.05, 0.1) is 12.3 Å². The third-order valence-electron chi connectivity index (χ3n) is 2.62. The van der Waals surface area contributed by atoms with Gasteiger partial charge in [0, 0.05) is 20.2 Å². The summed E-state index contributed by atoms with van der Waals surface area (Å²) in [6.07, 6.45) is 0. The van der Waals surface area contributed by atoms with Crippen LogP contribution in [0.25, 0.3) is 0 Å². The van der Waals surface area contributed by atoms with Crippen LogP contribution in [0, 0.1) is 6.92 Å². The van der Waals surface area contributed by atoms with E-state index in [1.165, 1.54) is 0 Å². The first-order valence-corrected chi connectivity index (χ1v) is 8.54. The summed E-state index contributed by atoms with van der Waals surface area (Å²) < 4.78 is 28.4. The number of H-pyrrole nitrogens is 1. The molecule has 6 nitrogen and oxygen atoms in total. The van der Waals surface area contributed by atoms with Gasteiger partial charge in [0.1, 0.15) is 0 Å². The van der Waals surface area contributed by atoms with Crippen LogP contribution in [0.2, 0.25) is 0 Å². The minimum atomic E-state index is -3.87. The first-order valence-electron chi connectivity index (χ1n) is 5.47. The van der Waals surface area contributed by atoms with E-state index in [4.69, 9.17) is 0 Å². The summed E-state index contributed by atoms with van der Waals surface area (Å²) in [4.78, 5) is 0. The Hall–Kier alpha value is -0.900. The van der Waals surface area contributed by atoms with Crippen molar-refractivity contribution in [2.75, 3.05) is 4.72 Å². The Balaban J connectivity index is 2.41. The smallest absolute Gasteiger partial charge is 0.281 e. The molecule has 0 aliphatic carbocycles. The Morgan fingerprint density at radius 3 is 2.70 bits per heavy atom. The lowest BCUT2D eigenvalue weighted by Gasteiger charge is -2.09. The van der Waals surface area contributed by atoms with Crippen molar-refractivity contribution in [2.24, 2.45) is 0 Å². The molecule has 0 radical (unpaired) electrons. The van der Waals surface area contributed by atoms with Crippen LogP contribution in [0.1, 0.15) is 11.3 Å². The van der Waals surface area contributed by atoms with Crippen LogP contribution < -0.4 is 4.72 Å². The number of rotatable bonds is 4. The number of nitrogens with one attached hydrogen (secondary N) is 2. The number of hydrogen-bond acceptors (Lipinski definition) is 4. The fourth-order valence-corrected chi connectivity index (χ4v) is 4.15. The van der Waals surface area contributed by atoms with E-state index in [2.05, 4.69) is 46.8 Å². The van der Waals surface area contributed by atoms with Gasteiger partial charge in [-0.3, -0.25) is 9.82 Å². The average Bonchev–Trinajstić information content (AvgIpc) is 2.74. The number of hydrogen-bond donors (Lipinski definition) is 3. The van der Waals surface area contributed by atoms with Gasteiger partial charge in [0.2, 0.25) is 5.03 Å². The maximum Gasteiger partial charge on any atom is 0.281 e. The second-order valence-corrected chi connectivity index (χ2v) is 7.39. The second kappa shape index (κ2) is 5.84. The van der Waals surface area contributed by atoms with Crippen molar-refractivity contribution in [3.05, 3.63) is 38.4 Å². The number of benzene rings is 1. The van der Waals surface area contributed by atoms with E-state index in [1.807, 2.05) is 0 Å². The van der Waals surface area contributed by atoms with E-state index in [0.29, 0.717) is 15.9 Å². The van der Waals surface area contributed by atoms with Crippen LogP contribution in [0.4, 0.5) is 5.69 Å². The highest BCUT2D eigenvalue weighted by atomic mass is 79.9. The number of aliphatic hydroxyl groups excluding tert-OH is 1. The van der Waals surface area contributed by atoms with Crippen molar-refractivity contribution in [3.63, 3.8) is 0 Å². The molecule has 0 amide bonds. The monoisotopic (exact) mass is 423 g/mol. The second-order valence-electron chi connectivity index (χ2n) is 4.02. The number of halogens is 2.